The SMILES string of the molecule is CNC(C1=C=C(NC(=O)Cn2nc(C(C)C)c(OCC(C)C)cc2=O)C1)C(F)(F)F. The van der Waals surface area contributed by atoms with Gasteiger partial charge >= 0.3 is 6.18 Å². The van der Waals surface area contributed by atoms with Gasteiger partial charge in [-0.25, -0.2) is 4.68 Å². The van der Waals surface area contributed by atoms with Crippen LogP contribution in [0, 0.1) is 5.92 Å². The molecule has 0 spiro atoms. The lowest BCUT2D eigenvalue weighted by atomic mass is 9.95. The van der Waals surface area contributed by atoms with Crippen LogP contribution >= 0.6 is 0 Å². The van der Waals surface area contributed by atoms with E-state index in [1.807, 2.05) is 27.7 Å². The summed E-state index contributed by atoms with van der Waals surface area (Å²) in [6, 6.07) is -0.492. The van der Waals surface area contributed by atoms with Crippen molar-refractivity contribution >= 4 is 5.91 Å². The monoisotopic (exact) mass is 428 g/mol. The maximum atomic E-state index is 12.9. The van der Waals surface area contributed by atoms with E-state index in [4.69, 9.17) is 4.74 Å². The fraction of sp³-hybridized carbons (Fsp3) is 0.600. The first kappa shape index (κ1) is 23.7. The Morgan fingerprint density at radius 1 is 1.33 bits per heavy atom. The lowest BCUT2D eigenvalue weighted by Gasteiger charge is -2.26. The van der Waals surface area contributed by atoms with Crippen LogP contribution in [0.2, 0.25) is 0 Å². The standard InChI is InChI=1S/C20H27F3N4O3/c1-11(2)10-30-15-8-17(29)27(26-18(15)12(3)4)9-16(28)25-14-6-13(7-14)19(24-5)20(21,22)23/h8,11-12,19,24H,6,9-10H2,1-5H3,(H,25,28). The summed E-state index contributed by atoms with van der Waals surface area (Å²) in [7, 11) is 1.21. The maximum absolute atomic E-state index is 12.9. The zero-order valence-electron chi connectivity index (χ0n) is 17.7. The van der Waals surface area contributed by atoms with E-state index >= 15 is 0 Å². The first-order valence-electron chi connectivity index (χ1n) is 9.69. The zero-order chi connectivity index (χ0) is 22.6. The highest BCUT2D eigenvalue weighted by Gasteiger charge is 2.42. The number of amides is 1. The van der Waals surface area contributed by atoms with E-state index in [9.17, 15) is 22.8 Å². The van der Waals surface area contributed by atoms with Crippen LogP contribution in [-0.4, -0.2) is 41.6 Å². The minimum absolute atomic E-state index is 0.0179. The van der Waals surface area contributed by atoms with Crippen LogP contribution in [0.4, 0.5) is 13.2 Å². The Bertz CT molecular complexity index is 913. The van der Waals surface area contributed by atoms with Crippen LogP contribution < -0.4 is 20.9 Å². The first-order valence-corrected chi connectivity index (χ1v) is 9.69. The molecule has 30 heavy (non-hydrogen) atoms. The second-order valence-electron chi connectivity index (χ2n) is 7.87. The number of halogens is 3. The number of aromatic nitrogens is 2. The summed E-state index contributed by atoms with van der Waals surface area (Å²) >= 11 is 0. The average molecular weight is 428 g/mol. The van der Waals surface area contributed by atoms with Crippen LogP contribution in [0.5, 0.6) is 5.75 Å². The van der Waals surface area contributed by atoms with Crippen molar-refractivity contribution in [2.24, 2.45) is 5.92 Å². The van der Waals surface area contributed by atoms with Gasteiger partial charge in [0, 0.05) is 24.0 Å². The van der Waals surface area contributed by atoms with Crippen molar-refractivity contribution in [3.63, 3.8) is 0 Å². The number of hydrogen-bond donors (Lipinski definition) is 2. The van der Waals surface area contributed by atoms with Crippen molar-refractivity contribution < 1.29 is 22.7 Å². The predicted molar refractivity (Wildman–Crippen MR) is 105 cm³/mol. The molecule has 0 saturated carbocycles. The molecule has 166 valence electrons. The van der Waals surface area contributed by atoms with Gasteiger partial charge in [0.05, 0.1) is 12.3 Å². The molecule has 1 aliphatic carbocycles. The summed E-state index contributed by atoms with van der Waals surface area (Å²) in [5.41, 5.74) is 2.84. The van der Waals surface area contributed by atoms with Gasteiger partial charge in [-0.1, -0.05) is 33.4 Å². The lowest BCUT2D eigenvalue weighted by Crippen LogP contribution is -2.44. The highest BCUT2D eigenvalue weighted by atomic mass is 19.4. The summed E-state index contributed by atoms with van der Waals surface area (Å²) in [6.07, 6.45) is -4.48. The molecule has 1 amide bonds. The Morgan fingerprint density at radius 3 is 2.47 bits per heavy atom. The Balaban J connectivity index is 2.13. The van der Waals surface area contributed by atoms with Gasteiger partial charge < -0.3 is 15.4 Å². The molecule has 0 aliphatic heterocycles. The zero-order valence-corrected chi connectivity index (χ0v) is 17.7. The predicted octanol–water partition coefficient (Wildman–Crippen LogP) is 2.48. The molecule has 2 N–H and O–H groups in total. The van der Waals surface area contributed by atoms with Crippen LogP contribution in [0.15, 0.2) is 27.9 Å². The second-order valence-corrected chi connectivity index (χ2v) is 7.87. The van der Waals surface area contributed by atoms with Gasteiger partial charge in [0.15, 0.2) is 0 Å². The second kappa shape index (κ2) is 9.49. The van der Waals surface area contributed by atoms with Gasteiger partial charge in [0.25, 0.3) is 5.56 Å². The van der Waals surface area contributed by atoms with Crippen molar-refractivity contribution in [2.45, 2.75) is 58.8 Å². The Labute approximate surface area is 173 Å². The molecule has 1 aliphatic rings. The van der Waals surface area contributed by atoms with Crippen molar-refractivity contribution in [1.82, 2.24) is 20.4 Å². The third kappa shape index (κ3) is 5.96. The molecular formula is C20H27F3N4O3. The fourth-order valence-corrected chi connectivity index (χ4v) is 2.87. The van der Waals surface area contributed by atoms with Gasteiger partial charge in [-0.15, -0.1) is 0 Å². The number of alkyl halides is 3. The van der Waals surface area contributed by atoms with Gasteiger partial charge in [-0.3, -0.25) is 9.59 Å². The van der Waals surface area contributed by atoms with Crippen LogP contribution in [0.3, 0.4) is 0 Å². The quantitative estimate of drug-likeness (QED) is 0.591. The summed E-state index contributed by atoms with van der Waals surface area (Å²) in [6.45, 7) is 7.82. The number of rotatable bonds is 9. The van der Waals surface area contributed by atoms with E-state index in [1.165, 1.54) is 13.1 Å². The van der Waals surface area contributed by atoms with Crippen molar-refractivity contribution in [1.29, 1.82) is 0 Å². The van der Waals surface area contributed by atoms with Gasteiger partial charge in [-0.05, 0) is 13.0 Å². The molecule has 1 aromatic heterocycles. The average Bonchev–Trinajstić information content (AvgIpc) is 2.58. The number of hydrogen-bond acceptors (Lipinski definition) is 5. The molecule has 1 aromatic rings. The smallest absolute Gasteiger partial charge is 0.408 e. The molecule has 0 aromatic carbocycles. The normalized spacial score (nSPS) is 14.9. The largest absolute Gasteiger partial charge is 0.491 e. The summed E-state index contributed by atoms with van der Waals surface area (Å²) in [5, 5.41) is 8.92. The topological polar surface area (TPSA) is 85.2 Å². The van der Waals surface area contributed by atoms with Crippen molar-refractivity contribution in [3.8, 4) is 5.75 Å². The maximum Gasteiger partial charge on any atom is 0.408 e. The number of nitrogens with zero attached hydrogens (tertiary/aromatic N) is 2. The summed E-state index contributed by atoms with van der Waals surface area (Å²) in [5.74, 6) is 0.0548. The minimum atomic E-state index is -4.43. The third-order valence-electron chi connectivity index (χ3n) is 4.34. The molecule has 0 fully saturated rings. The number of carbonyl (C=O) groups is 1. The highest BCUT2D eigenvalue weighted by molar-refractivity contribution is 5.78. The number of likely N-dealkylation sites (N-methyl/N-ethyl adjacent to an activating group) is 1. The minimum Gasteiger partial charge on any atom is -0.491 e. The van der Waals surface area contributed by atoms with E-state index in [-0.39, 0.29) is 36.1 Å². The van der Waals surface area contributed by atoms with Crippen LogP contribution in [-0.2, 0) is 11.3 Å². The molecule has 1 unspecified atom stereocenters. The van der Waals surface area contributed by atoms with Crippen molar-refractivity contribution in [3.05, 3.63) is 39.1 Å². The molecule has 10 heteroatoms. The van der Waals surface area contributed by atoms with E-state index in [2.05, 4.69) is 21.5 Å². The molecule has 1 atom stereocenters. The van der Waals surface area contributed by atoms with E-state index < -0.39 is 23.7 Å². The van der Waals surface area contributed by atoms with E-state index in [0.717, 1.165) is 4.68 Å². The van der Waals surface area contributed by atoms with E-state index in [1.54, 1.807) is 0 Å². The Kier molecular flexibility index (Phi) is 7.49. The lowest BCUT2D eigenvalue weighted by molar-refractivity contribution is -0.146. The number of nitrogens with one attached hydrogen (secondary N) is 2. The first-order chi connectivity index (χ1) is 13.9. The van der Waals surface area contributed by atoms with E-state index in [0.29, 0.717) is 18.1 Å². The molecule has 1 heterocycles. The summed E-state index contributed by atoms with van der Waals surface area (Å²) in [4.78, 5) is 24.6. The number of ether oxygens (including phenoxy) is 1. The highest BCUT2D eigenvalue weighted by Crippen LogP contribution is 2.31. The van der Waals surface area contributed by atoms with Gasteiger partial charge in [-0.2, -0.15) is 18.3 Å². The molecule has 2 rings (SSSR count). The van der Waals surface area contributed by atoms with Crippen LogP contribution in [0.1, 0.15) is 45.7 Å². The Hall–Kier alpha value is -2.58. The number of carbonyl (C=O) groups excluding carboxylic acids is 1. The molecule has 0 radical (unpaired) electrons. The van der Waals surface area contributed by atoms with Gasteiger partial charge in [0.2, 0.25) is 5.91 Å². The molecule has 0 bridgehead atoms. The molecule has 0 saturated heterocycles. The van der Waals surface area contributed by atoms with Gasteiger partial charge in [0.1, 0.15) is 24.0 Å². The van der Waals surface area contributed by atoms with Crippen LogP contribution in [0.25, 0.3) is 0 Å². The van der Waals surface area contributed by atoms with Crippen molar-refractivity contribution in [2.75, 3.05) is 13.7 Å². The third-order valence-corrected chi connectivity index (χ3v) is 4.34. The Morgan fingerprint density at radius 2 is 1.97 bits per heavy atom. The summed E-state index contributed by atoms with van der Waals surface area (Å²) < 4.78 is 45.3. The molecular weight excluding hydrogens is 401 g/mol. The molecule has 7 nitrogen and oxygen atoms in total. The fourth-order valence-electron chi connectivity index (χ4n) is 2.87.